The molecule has 1 aromatic rings. The molecule has 1 heterocycles. The van der Waals surface area contributed by atoms with Gasteiger partial charge >= 0.3 is 0 Å². The molecular weight excluding hydrogens is 252 g/mol. The van der Waals surface area contributed by atoms with Crippen molar-refractivity contribution >= 4 is 0 Å². The number of ether oxygens (including phenoxy) is 2. The summed E-state index contributed by atoms with van der Waals surface area (Å²) in [4.78, 5) is 0. The maximum atomic E-state index is 10.5. The highest BCUT2D eigenvalue weighted by molar-refractivity contribution is 5.43. The molecule has 3 rings (SSSR count). The minimum absolute atomic E-state index is 0.170. The number of benzene rings is 1. The van der Waals surface area contributed by atoms with Crippen molar-refractivity contribution in [3.8, 4) is 11.5 Å². The molecule has 3 nitrogen and oxygen atoms in total. The second-order valence-corrected chi connectivity index (χ2v) is 7.07. The Kier molecular flexibility index (Phi) is 3.20. The SMILES string of the molecule is COc1ccc2c(c1)C(O)CC1(CCC(C)(C)CC1)O2. The van der Waals surface area contributed by atoms with Crippen molar-refractivity contribution in [3.05, 3.63) is 23.8 Å². The first-order chi connectivity index (χ1) is 9.43. The minimum Gasteiger partial charge on any atom is -0.497 e. The van der Waals surface area contributed by atoms with E-state index in [-0.39, 0.29) is 5.60 Å². The summed E-state index contributed by atoms with van der Waals surface area (Å²) in [5.74, 6) is 1.59. The van der Waals surface area contributed by atoms with Crippen LogP contribution in [0, 0.1) is 5.41 Å². The molecule has 0 saturated heterocycles. The highest BCUT2D eigenvalue weighted by Crippen LogP contribution is 2.50. The monoisotopic (exact) mass is 276 g/mol. The van der Waals surface area contributed by atoms with Crippen molar-refractivity contribution in [2.45, 2.75) is 57.7 Å². The average molecular weight is 276 g/mol. The van der Waals surface area contributed by atoms with Gasteiger partial charge in [-0.2, -0.15) is 0 Å². The molecule has 3 heteroatoms. The highest BCUT2D eigenvalue weighted by Gasteiger charge is 2.44. The van der Waals surface area contributed by atoms with Crippen molar-refractivity contribution in [1.82, 2.24) is 0 Å². The van der Waals surface area contributed by atoms with Gasteiger partial charge in [0.2, 0.25) is 0 Å². The van der Waals surface area contributed by atoms with Gasteiger partial charge in [0.1, 0.15) is 17.1 Å². The molecule has 1 N–H and O–H groups in total. The van der Waals surface area contributed by atoms with Gasteiger partial charge in [-0.15, -0.1) is 0 Å². The van der Waals surface area contributed by atoms with E-state index in [1.807, 2.05) is 18.2 Å². The number of methoxy groups -OCH3 is 1. The fourth-order valence-electron chi connectivity index (χ4n) is 3.43. The van der Waals surface area contributed by atoms with Gasteiger partial charge in [0.15, 0.2) is 0 Å². The van der Waals surface area contributed by atoms with Gasteiger partial charge in [-0.05, 0) is 49.3 Å². The summed E-state index contributed by atoms with van der Waals surface area (Å²) in [6.45, 7) is 4.63. The quantitative estimate of drug-likeness (QED) is 0.846. The molecule has 1 unspecified atom stereocenters. The topological polar surface area (TPSA) is 38.7 Å². The van der Waals surface area contributed by atoms with Gasteiger partial charge in [-0.1, -0.05) is 13.8 Å². The van der Waals surface area contributed by atoms with E-state index in [1.165, 1.54) is 0 Å². The molecule has 1 saturated carbocycles. The van der Waals surface area contributed by atoms with Crippen LogP contribution in [0.25, 0.3) is 0 Å². The molecule has 0 aromatic heterocycles. The van der Waals surface area contributed by atoms with Crippen LogP contribution in [0.3, 0.4) is 0 Å². The molecule has 1 aliphatic carbocycles. The van der Waals surface area contributed by atoms with E-state index in [0.717, 1.165) is 42.7 Å². The standard InChI is InChI=1S/C17H24O3/c1-16(2)6-8-17(9-7-16)11-14(18)13-10-12(19-3)4-5-15(13)20-17/h4-5,10,14,18H,6-9,11H2,1-3H3. The Morgan fingerprint density at radius 3 is 2.55 bits per heavy atom. The first kappa shape index (κ1) is 13.7. The van der Waals surface area contributed by atoms with Gasteiger partial charge < -0.3 is 14.6 Å². The molecule has 2 aliphatic rings. The van der Waals surface area contributed by atoms with E-state index in [0.29, 0.717) is 11.8 Å². The predicted octanol–water partition coefficient (Wildman–Crippen LogP) is 3.85. The largest absolute Gasteiger partial charge is 0.497 e. The molecule has 1 aliphatic heterocycles. The molecule has 110 valence electrons. The number of hydrogen-bond acceptors (Lipinski definition) is 3. The Morgan fingerprint density at radius 2 is 1.90 bits per heavy atom. The smallest absolute Gasteiger partial charge is 0.126 e. The lowest BCUT2D eigenvalue weighted by atomic mass is 9.68. The maximum Gasteiger partial charge on any atom is 0.126 e. The Morgan fingerprint density at radius 1 is 1.20 bits per heavy atom. The number of aliphatic hydroxyl groups is 1. The molecule has 1 aromatic carbocycles. The van der Waals surface area contributed by atoms with Crippen molar-refractivity contribution in [2.24, 2.45) is 5.41 Å². The maximum absolute atomic E-state index is 10.5. The minimum atomic E-state index is -0.449. The number of hydrogen-bond donors (Lipinski definition) is 1. The summed E-state index contributed by atoms with van der Waals surface area (Å²) in [7, 11) is 1.64. The van der Waals surface area contributed by atoms with E-state index >= 15 is 0 Å². The van der Waals surface area contributed by atoms with Gasteiger partial charge in [0.25, 0.3) is 0 Å². The fourth-order valence-corrected chi connectivity index (χ4v) is 3.43. The molecule has 0 bridgehead atoms. The summed E-state index contributed by atoms with van der Waals surface area (Å²) >= 11 is 0. The van der Waals surface area contributed by atoms with Crippen LogP contribution in [0.4, 0.5) is 0 Å². The lowest BCUT2D eigenvalue weighted by molar-refractivity contribution is -0.0576. The average Bonchev–Trinajstić information content (AvgIpc) is 2.43. The van der Waals surface area contributed by atoms with E-state index in [2.05, 4.69) is 13.8 Å². The molecule has 1 fully saturated rings. The summed E-state index contributed by atoms with van der Waals surface area (Å²) in [5, 5.41) is 10.5. The summed E-state index contributed by atoms with van der Waals surface area (Å²) < 4.78 is 11.5. The summed E-state index contributed by atoms with van der Waals surface area (Å²) in [6, 6.07) is 5.72. The Labute approximate surface area is 120 Å². The van der Waals surface area contributed by atoms with Crippen LogP contribution < -0.4 is 9.47 Å². The van der Waals surface area contributed by atoms with Crippen molar-refractivity contribution in [2.75, 3.05) is 7.11 Å². The van der Waals surface area contributed by atoms with Gasteiger partial charge in [0, 0.05) is 12.0 Å². The zero-order valence-electron chi connectivity index (χ0n) is 12.6. The number of rotatable bonds is 1. The lowest BCUT2D eigenvalue weighted by Crippen LogP contribution is -2.45. The van der Waals surface area contributed by atoms with Gasteiger partial charge in [0.05, 0.1) is 13.2 Å². The molecular formula is C17H24O3. The molecule has 0 amide bonds. The Balaban J connectivity index is 1.86. The fraction of sp³-hybridized carbons (Fsp3) is 0.647. The first-order valence-electron chi connectivity index (χ1n) is 7.48. The van der Waals surface area contributed by atoms with Gasteiger partial charge in [-0.25, -0.2) is 0 Å². The van der Waals surface area contributed by atoms with Crippen LogP contribution in [0.5, 0.6) is 11.5 Å². The third-order valence-electron chi connectivity index (χ3n) is 4.98. The van der Waals surface area contributed by atoms with E-state index in [9.17, 15) is 5.11 Å². The summed E-state index contributed by atoms with van der Waals surface area (Å²) in [5.41, 5.74) is 1.09. The second kappa shape index (κ2) is 4.66. The van der Waals surface area contributed by atoms with Crippen LogP contribution in [-0.4, -0.2) is 17.8 Å². The Hall–Kier alpha value is -1.22. The van der Waals surface area contributed by atoms with Crippen LogP contribution in [-0.2, 0) is 0 Å². The lowest BCUT2D eigenvalue weighted by Gasteiger charge is -2.47. The Bertz CT molecular complexity index is 497. The van der Waals surface area contributed by atoms with E-state index in [1.54, 1.807) is 7.11 Å². The molecule has 0 radical (unpaired) electrons. The van der Waals surface area contributed by atoms with E-state index in [4.69, 9.17) is 9.47 Å². The van der Waals surface area contributed by atoms with Crippen LogP contribution in [0.15, 0.2) is 18.2 Å². The zero-order valence-corrected chi connectivity index (χ0v) is 12.6. The van der Waals surface area contributed by atoms with E-state index < -0.39 is 6.10 Å². The predicted molar refractivity (Wildman–Crippen MR) is 78.2 cm³/mol. The van der Waals surface area contributed by atoms with Gasteiger partial charge in [-0.3, -0.25) is 0 Å². The zero-order chi connectivity index (χ0) is 14.4. The molecule has 1 spiro atoms. The number of fused-ring (bicyclic) bond motifs is 1. The van der Waals surface area contributed by atoms with Crippen molar-refractivity contribution in [3.63, 3.8) is 0 Å². The highest BCUT2D eigenvalue weighted by atomic mass is 16.5. The third-order valence-corrected chi connectivity index (χ3v) is 4.98. The van der Waals surface area contributed by atoms with Crippen LogP contribution >= 0.6 is 0 Å². The van der Waals surface area contributed by atoms with Crippen molar-refractivity contribution < 1.29 is 14.6 Å². The normalized spacial score (nSPS) is 26.7. The van der Waals surface area contributed by atoms with Crippen LogP contribution in [0.1, 0.15) is 57.6 Å². The van der Waals surface area contributed by atoms with Crippen molar-refractivity contribution in [1.29, 1.82) is 0 Å². The number of aliphatic hydroxyl groups excluding tert-OH is 1. The van der Waals surface area contributed by atoms with Crippen LogP contribution in [0.2, 0.25) is 0 Å². The molecule has 1 atom stereocenters. The molecule has 20 heavy (non-hydrogen) atoms. The summed E-state index contributed by atoms with van der Waals surface area (Å²) in [6.07, 6.45) is 4.63. The third kappa shape index (κ3) is 2.39. The first-order valence-corrected chi connectivity index (χ1v) is 7.48. The second-order valence-electron chi connectivity index (χ2n) is 7.07.